The van der Waals surface area contributed by atoms with Crippen LogP contribution < -0.4 is 11.2 Å². The van der Waals surface area contributed by atoms with Crippen molar-refractivity contribution in [2.24, 2.45) is 0 Å². The van der Waals surface area contributed by atoms with E-state index in [1.807, 2.05) is 11.7 Å². The van der Waals surface area contributed by atoms with Crippen LogP contribution in [0.3, 0.4) is 0 Å². The van der Waals surface area contributed by atoms with Gasteiger partial charge in [0.1, 0.15) is 0 Å². The molecule has 0 bridgehead atoms. The molecule has 24 heavy (non-hydrogen) atoms. The summed E-state index contributed by atoms with van der Waals surface area (Å²) in [5.41, 5.74) is 1.62. The summed E-state index contributed by atoms with van der Waals surface area (Å²) < 4.78 is 3.15. The lowest BCUT2D eigenvalue weighted by atomic mass is 10.2. The van der Waals surface area contributed by atoms with Crippen LogP contribution >= 0.6 is 11.6 Å². The van der Waals surface area contributed by atoms with Gasteiger partial charge in [-0.1, -0.05) is 11.6 Å². The van der Waals surface area contributed by atoms with E-state index in [9.17, 15) is 9.59 Å². The molecule has 0 spiro atoms. The minimum absolute atomic E-state index is 0.204. The van der Waals surface area contributed by atoms with Crippen molar-refractivity contribution in [3.8, 4) is 0 Å². The second-order valence-corrected chi connectivity index (χ2v) is 6.53. The first-order chi connectivity index (χ1) is 11.5. The highest BCUT2D eigenvalue weighted by molar-refractivity contribution is 6.31. The number of halogens is 1. The largest absolute Gasteiger partial charge is 0.329 e. The van der Waals surface area contributed by atoms with Crippen LogP contribution in [0.2, 0.25) is 5.02 Å². The Morgan fingerprint density at radius 3 is 2.96 bits per heavy atom. The van der Waals surface area contributed by atoms with Crippen LogP contribution in [0.15, 0.2) is 34.0 Å². The number of fused-ring (bicyclic) bond motifs is 2. The predicted octanol–water partition coefficient (Wildman–Crippen LogP) is 1.03. The van der Waals surface area contributed by atoms with Crippen LogP contribution in [-0.4, -0.2) is 37.8 Å². The highest BCUT2D eigenvalue weighted by Gasteiger charge is 2.19. The second kappa shape index (κ2) is 5.61. The van der Waals surface area contributed by atoms with Crippen molar-refractivity contribution in [1.29, 1.82) is 0 Å². The number of rotatable bonds is 2. The highest BCUT2D eigenvalue weighted by atomic mass is 35.5. The third kappa shape index (κ3) is 2.46. The van der Waals surface area contributed by atoms with Gasteiger partial charge in [0, 0.05) is 23.7 Å². The number of likely N-dealkylation sites (N-methyl/N-ethyl adjacent to an activating group) is 1. The molecule has 0 radical (unpaired) electrons. The number of nitrogens with one attached hydrogen (secondary N) is 1. The number of hydrogen-bond acceptors (Lipinski definition) is 4. The summed E-state index contributed by atoms with van der Waals surface area (Å²) in [6.07, 6.45) is 1.74. The van der Waals surface area contributed by atoms with E-state index >= 15 is 0 Å². The molecule has 2 aromatic heterocycles. The van der Waals surface area contributed by atoms with Gasteiger partial charge in [0.05, 0.1) is 35.9 Å². The van der Waals surface area contributed by atoms with E-state index in [4.69, 9.17) is 11.6 Å². The predicted molar refractivity (Wildman–Crippen MR) is 91.5 cm³/mol. The fraction of sp³-hybridized carbons (Fsp3) is 0.312. The number of aromatic amines is 1. The molecule has 124 valence electrons. The Hall–Kier alpha value is -2.38. The lowest BCUT2D eigenvalue weighted by Gasteiger charge is -2.24. The summed E-state index contributed by atoms with van der Waals surface area (Å²) in [6, 6.07) is 4.86. The number of H-pyrrole nitrogens is 1. The molecule has 0 fully saturated rings. The van der Waals surface area contributed by atoms with E-state index in [0.29, 0.717) is 15.9 Å². The van der Waals surface area contributed by atoms with Crippen molar-refractivity contribution in [3.05, 3.63) is 61.5 Å². The van der Waals surface area contributed by atoms with Gasteiger partial charge in [0.2, 0.25) is 0 Å². The van der Waals surface area contributed by atoms with Crippen LogP contribution in [0, 0.1) is 0 Å². The third-order valence-corrected chi connectivity index (χ3v) is 4.66. The number of nitrogens with zero attached hydrogens (tertiary/aromatic N) is 4. The van der Waals surface area contributed by atoms with Gasteiger partial charge in [-0.15, -0.1) is 0 Å². The monoisotopic (exact) mass is 345 g/mol. The molecule has 0 saturated carbocycles. The van der Waals surface area contributed by atoms with Crippen molar-refractivity contribution in [2.45, 2.75) is 19.6 Å². The Bertz CT molecular complexity index is 1050. The van der Waals surface area contributed by atoms with Crippen LogP contribution in [-0.2, 0) is 19.6 Å². The van der Waals surface area contributed by atoms with Gasteiger partial charge in [-0.3, -0.25) is 18.9 Å². The van der Waals surface area contributed by atoms with Gasteiger partial charge in [0.25, 0.3) is 5.56 Å². The standard InChI is InChI=1S/C16H16ClN5O2/c1-20-4-5-22-14(9-20)10(7-18-22)8-21-15(23)12-3-2-11(17)6-13(12)19-16(21)24/h2-3,6-7H,4-5,8-9H2,1H3,(H,19,24). The second-order valence-electron chi connectivity index (χ2n) is 6.09. The lowest BCUT2D eigenvalue weighted by molar-refractivity contribution is 0.257. The molecule has 3 heterocycles. The van der Waals surface area contributed by atoms with Crippen LogP contribution in [0.1, 0.15) is 11.3 Å². The zero-order valence-corrected chi connectivity index (χ0v) is 13.9. The van der Waals surface area contributed by atoms with Crippen molar-refractivity contribution in [1.82, 2.24) is 24.2 Å². The van der Waals surface area contributed by atoms with E-state index < -0.39 is 5.69 Å². The molecule has 0 unspecified atom stereocenters. The molecule has 0 saturated heterocycles. The van der Waals surface area contributed by atoms with E-state index in [2.05, 4.69) is 15.0 Å². The SMILES string of the molecule is CN1CCn2ncc(Cn3c(=O)[nH]c4cc(Cl)ccc4c3=O)c2C1. The van der Waals surface area contributed by atoms with Gasteiger partial charge in [0.15, 0.2) is 0 Å². The highest BCUT2D eigenvalue weighted by Crippen LogP contribution is 2.17. The average Bonchev–Trinajstić information content (AvgIpc) is 2.93. The molecule has 0 atom stereocenters. The Morgan fingerprint density at radius 1 is 1.29 bits per heavy atom. The fourth-order valence-corrected chi connectivity index (χ4v) is 3.27. The summed E-state index contributed by atoms with van der Waals surface area (Å²) in [4.78, 5) is 29.9. The zero-order valence-electron chi connectivity index (χ0n) is 13.1. The maximum Gasteiger partial charge on any atom is 0.329 e. The van der Waals surface area contributed by atoms with Gasteiger partial charge < -0.3 is 4.98 Å². The molecular weight excluding hydrogens is 330 g/mol. The summed E-state index contributed by atoms with van der Waals surface area (Å²) >= 11 is 5.92. The van der Waals surface area contributed by atoms with E-state index in [-0.39, 0.29) is 12.1 Å². The van der Waals surface area contributed by atoms with Gasteiger partial charge in [-0.05, 0) is 25.2 Å². The minimum atomic E-state index is -0.445. The van der Waals surface area contributed by atoms with Crippen molar-refractivity contribution >= 4 is 22.5 Å². The first kappa shape index (κ1) is 15.2. The molecule has 8 heteroatoms. The number of hydrogen-bond donors (Lipinski definition) is 1. The van der Waals surface area contributed by atoms with Crippen LogP contribution in [0.25, 0.3) is 10.9 Å². The first-order valence-electron chi connectivity index (χ1n) is 7.67. The first-order valence-corrected chi connectivity index (χ1v) is 8.05. The number of benzene rings is 1. The Labute approximate surface area is 142 Å². The van der Waals surface area contributed by atoms with E-state index in [0.717, 1.165) is 30.9 Å². The zero-order chi connectivity index (χ0) is 16.8. The minimum Gasteiger partial charge on any atom is -0.307 e. The molecule has 1 aromatic carbocycles. The van der Waals surface area contributed by atoms with E-state index in [1.54, 1.807) is 24.4 Å². The molecule has 1 aliphatic rings. The molecule has 1 aliphatic heterocycles. The Kier molecular flexibility index (Phi) is 3.54. The molecule has 7 nitrogen and oxygen atoms in total. The topological polar surface area (TPSA) is 75.9 Å². The fourth-order valence-electron chi connectivity index (χ4n) is 3.10. The van der Waals surface area contributed by atoms with Gasteiger partial charge in [-0.25, -0.2) is 4.79 Å². The third-order valence-electron chi connectivity index (χ3n) is 4.42. The molecule has 4 rings (SSSR count). The molecule has 3 aromatic rings. The molecule has 0 amide bonds. The van der Waals surface area contributed by atoms with Crippen LogP contribution in [0.4, 0.5) is 0 Å². The maximum absolute atomic E-state index is 12.7. The lowest BCUT2D eigenvalue weighted by Crippen LogP contribution is -2.36. The number of aromatic nitrogens is 4. The maximum atomic E-state index is 12.7. The quantitative estimate of drug-likeness (QED) is 0.752. The summed E-state index contributed by atoms with van der Waals surface area (Å²) in [6.45, 7) is 2.71. The van der Waals surface area contributed by atoms with Gasteiger partial charge >= 0.3 is 5.69 Å². The Balaban J connectivity index is 1.81. The van der Waals surface area contributed by atoms with Crippen molar-refractivity contribution in [3.63, 3.8) is 0 Å². The summed E-state index contributed by atoms with van der Waals surface area (Å²) in [5.74, 6) is 0. The van der Waals surface area contributed by atoms with Crippen molar-refractivity contribution < 1.29 is 0 Å². The van der Waals surface area contributed by atoms with Gasteiger partial charge in [-0.2, -0.15) is 5.10 Å². The van der Waals surface area contributed by atoms with Crippen LogP contribution in [0.5, 0.6) is 0 Å². The van der Waals surface area contributed by atoms with E-state index in [1.165, 1.54) is 4.57 Å². The molecule has 1 N–H and O–H groups in total. The molecule has 0 aliphatic carbocycles. The molecular formula is C16H16ClN5O2. The smallest absolute Gasteiger partial charge is 0.307 e. The Morgan fingerprint density at radius 2 is 2.12 bits per heavy atom. The normalized spacial score (nSPS) is 14.9. The average molecular weight is 346 g/mol. The van der Waals surface area contributed by atoms with Crippen molar-refractivity contribution in [2.75, 3.05) is 13.6 Å². The summed E-state index contributed by atoms with van der Waals surface area (Å²) in [5, 5.41) is 5.28. The summed E-state index contributed by atoms with van der Waals surface area (Å²) in [7, 11) is 2.04.